The van der Waals surface area contributed by atoms with Gasteiger partial charge in [-0.15, -0.1) is 0 Å². The predicted molar refractivity (Wildman–Crippen MR) is 168 cm³/mol. The lowest BCUT2D eigenvalue weighted by molar-refractivity contribution is -0.140. The fourth-order valence-electron chi connectivity index (χ4n) is 6.48. The molecule has 3 amide bonds. The maximum atomic E-state index is 13.8. The van der Waals surface area contributed by atoms with Crippen LogP contribution in [0.2, 0.25) is 0 Å². The number of likely N-dealkylation sites (tertiary alicyclic amines) is 1. The quantitative estimate of drug-likeness (QED) is 0.415. The standard InChI is InChI=1S/C34H44N4O6/c1-42-27-19-26(20-28(21-27)43-2)35-31(39)23-38-15-11-29-25(22-38)10-6-7-12-34(13-16-44-17-14-34)33(41)37-30(32(40)36-29)18-24-8-4-3-5-9-24/h3-9,19-21,25,29-30H,10-18,22-23H2,1-2H3,(H,35,39)(H,36,40)(H,37,41)/b7-6+/t25-,29+,30-/m0/s1. The molecule has 0 bridgehead atoms. The highest BCUT2D eigenvalue weighted by atomic mass is 16.5. The summed E-state index contributed by atoms with van der Waals surface area (Å²) >= 11 is 0. The number of hydrogen-bond donors (Lipinski definition) is 3. The molecule has 10 heteroatoms. The van der Waals surface area contributed by atoms with Crippen LogP contribution in [-0.4, -0.2) is 81.8 Å². The first-order valence-corrected chi connectivity index (χ1v) is 15.5. The van der Waals surface area contributed by atoms with Crippen molar-refractivity contribution in [1.82, 2.24) is 15.5 Å². The summed E-state index contributed by atoms with van der Waals surface area (Å²) < 4.78 is 16.3. The van der Waals surface area contributed by atoms with Gasteiger partial charge < -0.3 is 30.2 Å². The fourth-order valence-corrected chi connectivity index (χ4v) is 6.48. The Bertz CT molecular complexity index is 1300. The van der Waals surface area contributed by atoms with Crippen LogP contribution < -0.4 is 25.4 Å². The second-order valence-electron chi connectivity index (χ2n) is 12.1. The second kappa shape index (κ2) is 14.7. The normalized spacial score (nSPS) is 24.9. The largest absolute Gasteiger partial charge is 0.497 e. The van der Waals surface area contributed by atoms with E-state index in [9.17, 15) is 14.4 Å². The van der Waals surface area contributed by atoms with Crippen LogP contribution in [0.3, 0.4) is 0 Å². The zero-order valence-electron chi connectivity index (χ0n) is 25.7. The van der Waals surface area contributed by atoms with Crippen LogP contribution >= 0.6 is 0 Å². The van der Waals surface area contributed by atoms with Crippen LogP contribution in [-0.2, 0) is 25.5 Å². The summed E-state index contributed by atoms with van der Waals surface area (Å²) in [6, 6.07) is 14.3. The topological polar surface area (TPSA) is 118 Å². The Morgan fingerprint density at radius 3 is 2.45 bits per heavy atom. The van der Waals surface area contributed by atoms with Gasteiger partial charge in [0.15, 0.2) is 0 Å². The van der Waals surface area contributed by atoms with Crippen LogP contribution in [0.1, 0.15) is 37.7 Å². The van der Waals surface area contributed by atoms with Gasteiger partial charge in [-0.3, -0.25) is 19.3 Å². The van der Waals surface area contributed by atoms with Gasteiger partial charge in [0.2, 0.25) is 17.7 Å². The maximum absolute atomic E-state index is 13.8. The highest BCUT2D eigenvalue weighted by Crippen LogP contribution is 2.36. The number of anilines is 1. The molecule has 0 saturated carbocycles. The van der Waals surface area contributed by atoms with Gasteiger partial charge in [-0.25, -0.2) is 0 Å². The molecular weight excluding hydrogens is 560 g/mol. The lowest BCUT2D eigenvalue weighted by Crippen LogP contribution is -2.58. The molecule has 1 spiro atoms. The molecule has 10 nitrogen and oxygen atoms in total. The summed E-state index contributed by atoms with van der Waals surface area (Å²) in [4.78, 5) is 42.7. The third-order valence-corrected chi connectivity index (χ3v) is 9.10. The highest BCUT2D eigenvalue weighted by molar-refractivity contribution is 5.93. The smallest absolute Gasteiger partial charge is 0.243 e. The zero-order chi connectivity index (χ0) is 30.9. The lowest BCUT2D eigenvalue weighted by Gasteiger charge is -2.40. The Morgan fingerprint density at radius 1 is 1.02 bits per heavy atom. The number of benzene rings is 2. The van der Waals surface area contributed by atoms with Crippen molar-refractivity contribution < 1.29 is 28.6 Å². The molecule has 0 aliphatic carbocycles. The van der Waals surface area contributed by atoms with Crippen molar-refractivity contribution in [1.29, 1.82) is 0 Å². The molecule has 3 N–H and O–H groups in total. The number of carbonyl (C=O) groups is 3. The summed E-state index contributed by atoms with van der Waals surface area (Å²) in [7, 11) is 3.14. The molecule has 2 saturated heterocycles. The third-order valence-electron chi connectivity index (χ3n) is 9.10. The lowest BCUT2D eigenvalue weighted by atomic mass is 9.75. The molecule has 2 aromatic carbocycles. The van der Waals surface area contributed by atoms with E-state index >= 15 is 0 Å². The third kappa shape index (κ3) is 7.98. The van der Waals surface area contributed by atoms with Gasteiger partial charge in [0.1, 0.15) is 17.5 Å². The Balaban J connectivity index is 1.30. The van der Waals surface area contributed by atoms with Crippen LogP contribution in [0.5, 0.6) is 11.5 Å². The average molecular weight is 605 g/mol. The van der Waals surface area contributed by atoms with E-state index in [-0.39, 0.29) is 36.2 Å². The van der Waals surface area contributed by atoms with Gasteiger partial charge in [-0.1, -0.05) is 42.5 Å². The molecule has 0 radical (unpaired) electrons. The van der Waals surface area contributed by atoms with Gasteiger partial charge in [0.05, 0.1) is 26.2 Å². The Morgan fingerprint density at radius 2 is 1.75 bits per heavy atom. The molecule has 0 aromatic heterocycles. The summed E-state index contributed by atoms with van der Waals surface area (Å²) in [5.74, 6) is 0.946. The Kier molecular flexibility index (Phi) is 10.6. The number of fused-ring (bicyclic) bond motifs is 1. The molecule has 5 rings (SSSR count). The maximum Gasteiger partial charge on any atom is 0.243 e. The number of nitrogens with zero attached hydrogens (tertiary/aromatic N) is 1. The molecule has 2 fully saturated rings. The average Bonchev–Trinajstić information content (AvgIpc) is 3.04. The van der Waals surface area contributed by atoms with Crippen molar-refractivity contribution in [3.05, 3.63) is 66.2 Å². The van der Waals surface area contributed by atoms with Crippen molar-refractivity contribution in [2.24, 2.45) is 11.3 Å². The van der Waals surface area contributed by atoms with E-state index in [2.05, 4.69) is 33.0 Å². The first-order chi connectivity index (χ1) is 21.4. The molecule has 236 valence electrons. The Hall–Kier alpha value is -3.89. The van der Waals surface area contributed by atoms with E-state index in [4.69, 9.17) is 14.2 Å². The number of hydrogen-bond acceptors (Lipinski definition) is 7. The predicted octanol–water partition coefficient (Wildman–Crippen LogP) is 3.32. The molecule has 3 aliphatic rings. The molecule has 3 heterocycles. The number of methoxy groups -OCH3 is 2. The van der Waals surface area contributed by atoms with Crippen molar-refractivity contribution in [2.75, 3.05) is 52.4 Å². The van der Waals surface area contributed by atoms with E-state index in [1.54, 1.807) is 32.4 Å². The minimum Gasteiger partial charge on any atom is -0.497 e. The number of ether oxygens (including phenoxy) is 3. The van der Waals surface area contributed by atoms with Crippen molar-refractivity contribution in [2.45, 2.75) is 50.6 Å². The molecule has 44 heavy (non-hydrogen) atoms. The van der Waals surface area contributed by atoms with Crippen LogP contribution in [0, 0.1) is 11.3 Å². The van der Waals surface area contributed by atoms with Crippen LogP contribution in [0.25, 0.3) is 0 Å². The van der Waals surface area contributed by atoms with E-state index < -0.39 is 11.5 Å². The summed E-state index contributed by atoms with van der Waals surface area (Å²) in [6.07, 6.45) is 7.98. The van der Waals surface area contributed by atoms with E-state index in [0.717, 1.165) is 12.0 Å². The van der Waals surface area contributed by atoms with Gasteiger partial charge in [-0.2, -0.15) is 0 Å². The number of allylic oxidation sites excluding steroid dienone is 2. The number of amides is 3. The molecule has 2 aromatic rings. The summed E-state index contributed by atoms with van der Waals surface area (Å²) in [5, 5.41) is 9.40. The first kappa shape index (κ1) is 31.5. The van der Waals surface area contributed by atoms with Crippen molar-refractivity contribution in [3.63, 3.8) is 0 Å². The molecule has 0 unspecified atom stereocenters. The summed E-state index contributed by atoms with van der Waals surface area (Å²) in [5.41, 5.74) is 1.00. The summed E-state index contributed by atoms with van der Waals surface area (Å²) in [6.45, 7) is 2.62. The SMILES string of the molecule is COc1cc(NC(=O)CN2CC[C@H]3NC(=O)[C@H](Cc4ccccc4)NC(=O)C4(C/C=C/C[C@H]3C2)CCOCC4)cc(OC)c1. The number of piperidine rings is 1. The van der Waals surface area contributed by atoms with Gasteiger partial charge in [0, 0.05) is 62.7 Å². The van der Waals surface area contributed by atoms with E-state index in [1.807, 2.05) is 30.3 Å². The van der Waals surface area contributed by atoms with Crippen LogP contribution in [0.15, 0.2) is 60.7 Å². The van der Waals surface area contributed by atoms with E-state index in [0.29, 0.717) is 75.6 Å². The molecule has 3 atom stereocenters. The Labute approximate surface area is 259 Å². The monoisotopic (exact) mass is 604 g/mol. The number of rotatable bonds is 7. The second-order valence-corrected chi connectivity index (χ2v) is 12.1. The van der Waals surface area contributed by atoms with E-state index in [1.165, 1.54) is 0 Å². The fraction of sp³-hybridized carbons (Fsp3) is 0.500. The first-order valence-electron chi connectivity index (χ1n) is 15.5. The molecular formula is C34H44N4O6. The zero-order valence-corrected chi connectivity index (χ0v) is 25.7. The minimum atomic E-state index is -0.683. The van der Waals surface area contributed by atoms with Crippen LogP contribution in [0.4, 0.5) is 5.69 Å². The van der Waals surface area contributed by atoms with Crippen molar-refractivity contribution in [3.8, 4) is 11.5 Å². The highest BCUT2D eigenvalue weighted by Gasteiger charge is 2.41. The number of nitrogens with one attached hydrogen (secondary N) is 3. The minimum absolute atomic E-state index is 0.0688. The number of carbonyl (C=O) groups excluding carboxylic acids is 3. The van der Waals surface area contributed by atoms with Gasteiger partial charge >= 0.3 is 0 Å². The molecule has 3 aliphatic heterocycles. The van der Waals surface area contributed by atoms with Crippen molar-refractivity contribution >= 4 is 23.4 Å². The van der Waals surface area contributed by atoms with Gasteiger partial charge in [0.25, 0.3) is 0 Å². The van der Waals surface area contributed by atoms with Gasteiger partial charge in [-0.05, 0) is 43.6 Å².